The molecule has 2 heterocycles. The Morgan fingerprint density at radius 3 is 2.56 bits per heavy atom. The molecule has 0 aromatic heterocycles. The smallest absolute Gasteiger partial charge is 0.251 e. The van der Waals surface area contributed by atoms with E-state index in [-0.39, 0.29) is 36.7 Å². The van der Waals surface area contributed by atoms with Gasteiger partial charge in [-0.05, 0) is 57.0 Å². The number of nitrogens with zero attached hydrogens (tertiary/aromatic N) is 2. The third kappa shape index (κ3) is 3.50. The minimum absolute atomic E-state index is 0.0522. The van der Waals surface area contributed by atoms with E-state index in [1.807, 2.05) is 0 Å². The number of amides is 2. The molecule has 0 spiro atoms. The van der Waals surface area contributed by atoms with Crippen LogP contribution in [0.3, 0.4) is 0 Å². The number of rotatable bonds is 5. The van der Waals surface area contributed by atoms with E-state index in [1.54, 1.807) is 24.3 Å². The van der Waals surface area contributed by atoms with Gasteiger partial charge in [0, 0.05) is 18.2 Å². The summed E-state index contributed by atoms with van der Waals surface area (Å²) in [5, 5.41) is 9.28. The molecule has 0 unspecified atom stereocenters. The summed E-state index contributed by atoms with van der Waals surface area (Å²) in [4.78, 5) is 40.1. The van der Waals surface area contributed by atoms with Crippen LogP contribution in [0.5, 0.6) is 0 Å². The maximum Gasteiger partial charge on any atom is 0.251 e. The molecule has 2 atom stereocenters. The van der Waals surface area contributed by atoms with E-state index in [0.29, 0.717) is 17.7 Å². The molecule has 2 aliphatic rings. The van der Waals surface area contributed by atoms with Gasteiger partial charge in [-0.15, -0.1) is 0 Å². The SMILES string of the molecule is CC(=O)c1ccc(N2C(=O)C[C@H](N3CCCC[C@H]3CCO)C2=O)cc1. The highest BCUT2D eigenvalue weighted by atomic mass is 16.3. The maximum absolute atomic E-state index is 12.9. The van der Waals surface area contributed by atoms with E-state index in [2.05, 4.69) is 4.90 Å². The average molecular weight is 344 g/mol. The van der Waals surface area contributed by atoms with Gasteiger partial charge in [0.25, 0.3) is 5.91 Å². The second-order valence-corrected chi connectivity index (χ2v) is 6.79. The first-order valence-corrected chi connectivity index (χ1v) is 8.87. The van der Waals surface area contributed by atoms with Crippen LogP contribution in [0.1, 0.15) is 49.4 Å². The van der Waals surface area contributed by atoms with Gasteiger partial charge in [0.05, 0.1) is 18.2 Å². The zero-order chi connectivity index (χ0) is 18.0. The predicted octanol–water partition coefficient (Wildman–Crippen LogP) is 1.76. The van der Waals surface area contributed by atoms with Gasteiger partial charge in [-0.1, -0.05) is 6.42 Å². The minimum Gasteiger partial charge on any atom is -0.396 e. The summed E-state index contributed by atoms with van der Waals surface area (Å²) in [6.07, 6.45) is 3.85. The van der Waals surface area contributed by atoms with Crippen LogP contribution in [-0.2, 0) is 9.59 Å². The fraction of sp³-hybridized carbons (Fsp3) is 0.526. The monoisotopic (exact) mass is 344 g/mol. The molecule has 1 aromatic rings. The normalized spacial score (nSPS) is 24.8. The molecular formula is C19H24N2O4. The van der Waals surface area contributed by atoms with Gasteiger partial charge >= 0.3 is 0 Å². The van der Waals surface area contributed by atoms with E-state index < -0.39 is 6.04 Å². The third-order valence-corrected chi connectivity index (χ3v) is 5.19. The number of aliphatic hydroxyl groups is 1. The number of hydrogen-bond donors (Lipinski definition) is 1. The van der Waals surface area contributed by atoms with Crippen molar-refractivity contribution < 1.29 is 19.5 Å². The highest BCUT2D eigenvalue weighted by Gasteiger charge is 2.44. The van der Waals surface area contributed by atoms with Crippen molar-refractivity contribution in [1.29, 1.82) is 0 Å². The van der Waals surface area contributed by atoms with Crippen molar-refractivity contribution in [2.75, 3.05) is 18.1 Å². The quantitative estimate of drug-likeness (QED) is 0.650. The molecule has 6 nitrogen and oxygen atoms in total. The fourth-order valence-corrected chi connectivity index (χ4v) is 3.88. The van der Waals surface area contributed by atoms with E-state index in [1.165, 1.54) is 11.8 Å². The lowest BCUT2D eigenvalue weighted by atomic mass is 9.97. The van der Waals surface area contributed by atoms with Gasteiger partial charge in [0.1, 0.15) is 0 Å². The van der Waals surface area contributed by atoms with E-state index in [0.717, 1.165) is 25.8 Å². The molecule has 6 heteroatoms. The van der Waals surface area contributed by atoms with Crippen molar-refractivity contribution in [2.45, 2.75) is 51.1 Å². The number of ketones is 1. The number of benzene rings is 1. The minimum atomic E-state index is -0.447. The van der Waals surface area contributed by atoms with Gasteiger partial charge in [0.2, 0.25) is 5.91 Å². The molecule has 1 aromatic carbocycles. The van der Waals surface area contributed by atoms with Gasteiger partial charge in [-0.25, -0.2) is 4.90 Å². The van der Waals surface area contributed by atoms with E-state index in [9.17, 15) is 19.5 Å². The lowest BCUT2D eigenvalue weighted by Gasteiger charge is -2.38. The number of carbonyl (C=O) groups excluding carboxylic acids is 3. The average Bonchev–Trinajstić information content (AvgIpc) is 2.90. The number of anilines is 1. The van der Waals surface area contributed by atoms with Crippen LogP contribution in [0.4, 0.5) is 5.69 Å². The largest absolute Gasteiger partial charge is 0.396 e. The van der Waals surface area contributed by atoms with Crippen LogP contribution >= 0.6 is 0 Å². The molecule has 2 amide bonds. The van der Waals surface area contributed by atoms with Crippen molar-refractivity contribution in [3.05, 3.63) is 29.8 Å². The number of imide groups is 1. The highest BCUT2D eigenvalue weighted by Crippen LogP contribution is 2.30. The Bertz CT molecular complexity index is 669. The van der Waals surface area contributed by atoms with Crippen molar-refractivity contribution >= 4 is 23.3 Å². The van der Waals surface area contributed by atoms with Crippen LogP contribution in [0.15, 0.2) is 24.3 Å². The fourth-order valence-electron chi connectivity index (χ4n) is 3.88. The van der Waals surface area contributed by atoms with Crippen LogP contribution in [0, 0.1) is 0 Å². The summed E-state index contributed by atoms with van der Waals surface area (Å²) in [6.45, 7) is 2.35. The molecule has 0 saturated carbocycles. The van der Waals surface area contributed by atoms with Crippen LogP contribution in [-0.4, -0.2) is 52.8 Å². The van der Waals surface area contributed by atoms with Crippen LogP contribution < -0.4 is 4.90 Å². The van der Waals surface area contributed by atoms with Crippen molar-refractivity contribution in [3.8, 4) is 0 Å². The molecule has 3 rings (SSSR count). The van der Waals surface area contributed by atoms with Gasteiger partial charge in [-0.3, -0.25) is 19.3 Å². The second kappa shape index (κ2) is 7.45. The zero-order valence-corrected chi connectivity index (χ0v) is 14.5. The number of piperidine rings is 1. The first-order chi connectivity index (χ1) is 12.0. The topological polar surface area (TPSA) is 77.9 Å². The molecule has 2 aliphatic heterocycles. The summed E-state index contributed by atoms with van der Waals surface area (Å²) >= 11 is 0. The summed E-state index contributed by atoms with van der Waals surface area (Å²) in [7, 11) is 0. The lowest BCUT2D eigenvalue weighted by Crippen LogP contribution is -2.50. The number of likely N-dealkylation sites (tertiary alicyclic amines) is 1. The Labute approximate surface area is 147 Å². The Hall–Kier alpha value is -2.05. The van der Waals surface area contributed by atoms with Gasteiger partial charge in [0.15, 0.2) is 5.78 Å². The Morgan fingerprint density at radius 1 is 1.20 bits per heavy atom. The van der Waals surface area contributed by atoms with Crippen LogP contribution in [0.2, 0.25) is 0 Å². The highest BCUT2D eigenvalue weighted by molar-refractivity contribution is 6.22. The molecule has 0 aliphatic carbocycles. The summed E-state index contributed by atoms with van der Waals surface area (Å²) in [5.74, 6) is -0.465. The summed E-state index contributed by atoms with van der Waals surface area (Å²) in [6, 6.07) is 6.28. The standard InChI is InChI=1S/C19H24N2O4/c1-13(23)14-5-7-16(8-6-14)21-18(24)12-17(19(21)25)20-10-3-2-4-15(20)9-11-22/h5-8,15,17,22H,2-4,9-12H2,1H3/t15-,17-/m0/s1. The van der Waals surface area contributed by atoms with Crippen molar-refractivity contribution in [1.82, 2.24) is 4.90 Å². The molecule has 2 fully saturated rings. The number of hydrogen-bond acceptors (Lipinski definition) is 5. The Morgan fingerprint density at radius 2 is 1.92 bits per heavy atom. The summed E-state index contributed by atoms with van der Waals surface area (Å²) < 4.78 is 0. The molecule has 0 radical (unpaired) electrons. The molecule has 2 saturated heterocycles. The number of Topliss-reactive ketones (excluding diaryl/α,β-unsaturated/α-hetero) is 1. The zero-order valence-electron chi connectivity index (χ0n) is 14.5. The Kier molecular flexibility index (Phi) is 5.30. The maximum atomic E-state index is 12.9. The number of aliphatic hydroxyl groups excluding tert-OH is 1. The predicted molar refractivity (Wildman–Crippen MR) is 93.4 cm³/mol. The van der Waals surface area contributed by atoms with Gasteiger partial charge < -0.3 is 5.11 Å². The van der Waals surface area contributed by atoms with E-state index in [4.69, 9.17) is 0 Å². The third-order valence-electron chi connectivity index (χ3n) is 5.19. The molecule has 25 heavy (non-hydrogen) atoms. The molecule has 0 bridgehead atoms. The number of carbonyl (C=O) groups is 3. The second-order valence-electron chi connectivity index (χ2n) is 6.79. The molecule has 1 N–H and O–H groups in total. The lowest BCUT2D eigenvalue weighted by molar-refractivity contribution is -0.123. The van der Waals surface area contributed by atoms with E-state index >= 15 is 0 Å². The first kappa shape index (κ1) is 17.8. The van der Waals surface area contributed by atoms with Gasteiger partial charge in [-0.2, -0.15) is 0 Å². The first-order valence-electron chi connectivity index (χ1n) is 8.87. The van der Waals surface area contributed by atoms with Crippen molar-refractivity contribution in [2.24, 2.45) is 0 Å². The van der Waals surface area contributed by atoms with Crippen molar-refractivity contribution in [3.63, 3.8) is 0 Å². The summed E-state index contributed by atoms with van der Waals surface area (Å²) in [5.41, 5.74) is 1.07. The van der Waals surface area contributed by atoms with Crippen LogP contribution in [0.25, 0.3) is 0 Å². The molecule has 134 valence electrons. The molecular weight excluding hydrogens is 320 g/mol. The Balaban J connectivity index is 1.80.